The van der Waals surface area contributed by atoms with Crippen LogP contribution in [-0.4, -0.2) is 30.0 Å². The van der Waals surface area contributed by atoms with E-state index in [1.807, 2.05) is 44.2 Å². The van der Waals surface area contributed by atoms with Gasteiger partial charge in [0, 0.05) is 0 Å². The molecular weight excluding hydrogens is 375 g/mol. The SMILES string of the molecule is CCCO/C(=C\[Se]c1ccccc1)S(=O)(=O)c1ccc(C)cc1. The van der Waals surface area contributed by atoms with Gasteiger partial charge in [-0.1, -0.05) is 0 Å². The molecule has 0 aromatic heterocycles. The van der Waals surface area contributed by atoms with Crippen LogP contribution < -0.4 is 4.46 Å². The van der Waals surface area contributed by atoms with Crippen LogP contribution in [0.1, 0.15) is 18.9 Å². The van der Waals surface area contributed by atoms with Gasteiger partial charge in [0.1, 0.15) is 0 Å². The summed E-state index contributed by atoms with van der Waals surface area (Å²) >= 11 is -0.0951. The molecule has 0 aliphatic rings. The third-order valence-electron chi connectivity index (χ3n) is 3.08. The molecule has 0 fully saturated rings. The third-order valence-corrected chi connectivity index (χ3v) is 6.91. The summed E-state index contributed by atoms with van der Waals surface area (Å²) in [6.45, 7) is 4.28. The summed E-state index contributed by atoms with van der Waals surface area (Å²) in [7, 11) is -3.61. The Bertz CT molecular complexity index is 751. The van der Waals surface area contributed by atoms with E-state index in [9.17, 15) is 8.42 Å². The number of sulfone groups is 1. The van der Waals surface area contributed by atoms with Gasteiger partial charge in [0.25, 0.3) is 0 Å². The number of hydrogen-bond acceptors (Lipinski definition) is 3. The number of benzene rings is 2. The number of aryl methyl sites for hydroxylation is 1. The van der Waals surface area contributed by atoms with Crippen LogP contribution >= 0.6 is 0 Å². The Labute approximate surface area is 144 Å². The van der Waals surface area contributed by atoms with Crippen LogP contribution in [0.5, 0.6) is 0 Å². The molecule has 0 unspecified atom stereocenters. The first-order valence-corrected chi connectivity index (χ1v) is 10.7. The Morgan fingerprint density at radius 2 is 1.74 bits per heavy atom. The van der Waals surface area contributed by atoms with Gasteiger partial charge in [-0.2, -0.15) is 0 Å². The van der Waals surface area contributed by atoms with E-state index in [-0.39, 0.29) is 24.9 Å². The van der Waals surface area contributed by atoms with Crippen LogP contribution in [0.15, 0.2) is 69.6 Å². The molecule has 0 saturated heterocycles. The van der Waals surface area contributed by atoms with Crippen LogP contribution in [0.2, 0.25) is 0 Å². The monoisotopic (exact) mass is 396 g/mol. The maximum atomic E-state index is 12.8. The van der Waals surface area contributed by atoms with Crippen molar-refractivity contribution in [3.63, 3.8) is 0 Å². The van der Waals surface area contributed by atoms with Crippen molar-refractivity contribution < 1.29 is 13.2 Å². The second kappa shape index (κ2) is 8.34. The van der Waals surface area contributed by atoms with Gasteiger partial charge < -0.3 is 0 Å². The summed E-state index contributed by atoms with van der Waals surface area (Å²) in [6, 6.07) is 16.7. The quantitative estimate of drug-likeness (QED) is 0.535. The first-order chi connectivity index (χ1) is 11.0. The number of hydrogen-bond donors (Lipinski definition) is 0. The van der Waals surface area contributed by atoms with Crippen LogP contribution in [0.4, 0.5) is 0 Å². The predicted molar refractivity (Wildman–Crippen MR) is 94.5 cm³/mol. The molecule has 2 rings (SSSR count). The molecule has 3 nitrogen and oxygen atoms in total. The van der Waals surface area contributed by atoms with Crippen molar-refractivity contribution in [2.24, 2.45) is 0 Å². The van der Waals surface area contributed by atoms with E-state index in [1.54, 1.807) is 29.2 Å². The van der Waals surface area contributed by atoms with E-state index in [0.29, 0.717) is 6.61 Å². The van der Waals surface area contributed by atoms with Crippen molar-refractivity contribution in [1.82, 2.24) is 0 Å². The van der Waals surface area contributed by atoms with E-state index in [0.717, 1.165) is 16.4 Å². The van der Waals surface area contributed by atoms with Gasteiger partial charge in [-0.05, 0) is 0 Å². The summed E-state index contributed by atoms with van der Waals surface area (Å²) < 4.78 is 32.2. The average Bonchev–Trinajstić information content (AvgIpc) is 2.56. The van der Waals surface area contributed by atoms with Crippen LogP contribution in [-0.2, 0) is 14.6 Å². The molecule has 2 aromatic rings. The zero-order chi connectivity index (χ0) is 16.7. The van der Waals surface area contributed by atoms with Gasteiger partial charge in [0.2, 0.25) is 0 Å². The van der Waals surface area contributed by atoms with E-state index >= 15 is 0 Å². The molecule has 5 heteroatoms. The van der Waals surface area contributed by atoms with Crippen molar-refractivity contribution in [1.29, 1.82) is 0 Å². The Kier molecular flexibility index (Phi) is 6.46. The normalized spacial score (nSPS) is 12.2. The first-order valence-electron chi connectivity index (χ1n) is 7.40. The standard InChI is InChI=1S/C18H20O3SSe/c1-3-13-21-18(14-23-17-7-5-4-6-8-17)22(19,20)16-11-9-15(2)10-12-16/h4-12,14H,3,13H2,1-2H3/b18-14+. The van der Waals surface area contributed by atoms with Gasteiger partial charge in [-0.15, -0.1) is 0 Å². The predicted octanol–water partition coefficient (Wildman–Crippen LogP) is 3.02. The van der Waals surface area contributed by atoms with Crippen LogP contribution in [0.25, 0.3) is 0 Å². The molecule has 0 atom stereocenters. The average molecular weight is 395 g/mol. The Hall–Kier alpha value is -1.55. The molecule has 0 spiro atoms. The fraction of sp³-hybridized carbons (Fsp3) is 0.222. The molecule has 23 heavy (non-hydrogen) atoms. The summed E-state index contributed by atoms with van der Waals surface area (Å²) in [5.41, 5.74) is 1.03. The van der Waals surface area contributed by atoms with E-state index in [2.05, 4.69) is 0 Å². The maximum absolute atomic E-state index is 12.8. The zero-order valence-corrected chi connectivity index (χ0v) is 15.8. The van der Waals surface area contributed by atoms with Crippen molar-refractivity contribution >= 4 is 29.3 Å². The topological polar surface area (TPSA) is 43.4 Å². The summed E-state index contributed by atoms with van der Waals surface area (Å²) in [4.78, 5) is 1.99. The fourth-order valence-electron chi connectivity index (χ4n) is 1.83. The number of rotatable bonds is 7. The molecule has 122 valence electrons. The first kappa shape index (κ1) is 17.8. The Morgan fingerprint density at radius 3 is 2.35 bits per heavy atom. The molecule has 0 amide bonds. The molecule has 0 aliphatic carbocycles. The van der Waals surface area contributed by atoms with Crippen molar-refractivity contribution in [3.05, 3.63) is 70.2 Å². The fourth-order valence-corrected chi connectivity index (χ4v) is 5.26. The van der Waals surface area contributed by atoms with Gasteiger partial charge in [-0.3, -0.25) is 0 Å². The Balaban J connectivity index is 2.31. The van der Waals surface area contributed by atoms with Gasteiger partial charge in [0.15, 0.2) is 0 Å². The molecule has 0 aliphatic heterocycles. The summed E-state index contributed by atoms with van der Waals surface area (Å²) in [6.07, 6.45) is 0.763. The van der Waals surface area contributed by atoms with E-state index < -0.39 is 9.84 Å². The van der Waals surface area contributed by atoms with E-state index in [1.165, 1.54) is 0 Å². The van der Waals surface area contributed by atoms with Crippen molar-refractivity contribution in [2.45, 2.75) is 25.2 Å². The van der Waals surface area contributed by atoms with E-state index in [4.69, 9.17) is 4.74 Å². The molecule has 2 aromatic carbocycles. The number of ether oxygens (including phenoxy) is 1. The van der Waals surface area contributed by atoms with Crippen LogP contribution in [0.3, 0.4) is 0 Å². The third kappa shape index (κ3) is 4.96. The second-order valence-electron chi connectivity index (χ2n) is 5.03. The molecule has 0 saturated carbocycles. The zero-order valence-electron chi connectivity index (χ0n) is 13.2. The summed E-state index contributed by atoms with van der Waals surface area (Å²) in [5.74, 6) is 0. The summed E-state index contributed by atoms with van der Waals surface area (Å²) in [5, 5.41) is 0.0621. The molecule has 0 heterocycles. The second-order valence-corrected chi connectivity index (χ2v) is 8.89. The minimum atomic E-state index is -3.61. The van der Waals surface area contributed by atoms with Gasteiger partial charge >= 0.3 is 144 Å². The molecule has 0 N–H and O–H groups in total. The Morgan fingerprint density at radius 1 is 1.09 bits per heavy atom. The van der Waals surface area contributed by atoms with Crippen molar-refractivity contribution in [3.8, 4) is 0 Å². The van der Waals surface area contributed by atoms with Crippen LogP contribution in [0, 0.1) is 6.92 Å². The molecule has 0 radical (unpaired) electrons. The minimum absolute atomic E-state index is 0.0621. The molecular formula is C18H20O3SSe. The van der Waals surface area contributed by atoms with Gasteiger partial charge in [-0.25, -0.2) is 0 Å². The van der Waals surface area contributed by atoms with Crippen molar-refractivity contribution in [2.75, 3.05) is 6.61 Å². The van der Waals surface area contributed by atoms with Gasteiger partial charge in [0.05, 0.1) is 0 Å². The molecule has 0 bridgehead atoms.